The molecule has 0 saturated heterocycles. The zero-order chi connectivity index (χ0) is 37.6. The van der Waals surface area contributed by atoms with Crippen molar-refractivity contribution in [2.24, 2.45) is 0 Å². The van der Waals surface area contributed by atoms with E-state index in [9.17, 15) is 19.2 Å². The van der Waals surface area contributed by atoms with E-state index in [0.29, 0.717) is 22.3 Å². The highest BCUT2D eigenvalue weighted by Gasteiger charge is 2.43. The molecule has 53 heavy (non-hydrogen) atoms. The molecule has 0 unspecified atom stereocenters. The molecular weight excluding hydrogens is 668 g/mol. The van der Waals surface area contributed by atoms with Crippen molar-refractivity contribution in [3.8, 4) is 11.1 Å². The fourth-order valence-electron chi connectivity index (χ4n) is 6.77. The first-order valence-electron chi connectivity index (χ1n) is 17.5. The molecule has 2 amide bonds. The molecule has 0 bridgehead atoms. The summed E-state index contributed by atoms with van der Waals surface area (Å²) in [6, 6.07) is 39.5. The van der Waals surface area contributed by atoms with Crippen molar-refractivity contribution in [2.45, 2.75) is 50.4 Å². The van der Waals surface area contributed by atoms with Crippen LogP contribution >= 0.6 is 0 Å². The van der Waals surface area contributed by atoms with Crippen LogP contribution in [0.2, 0.25) is 0 Å². The van der Waals surface area contributed by atoms with Crippen LogP contribution in [-0.4, -0.2) is 49.2 Å². The molecule has 2 N–H and O–H groups in total. The van der Waals surface area contributed by atoms with Gasteiger partial charge in [0.2, 0.25) is 0 Å². The third-order valence-electron chi connectivity index (χ3n) is 9.11. The van der Waals surface area contributed by atoms with Crippen LogP contribution in [0.5, 0.6) is 0 Å². The summed E-state index contributed by atoms with van der Waals surface area (Å²) in [6.07, 6.45) is -1.41. The van der Waals surface area contributed by atoms with Crippen LogP contribution in [-0.2, 0) is 29.4 Å². The lowest BCUT2D eigenvalue weighted by atomic mass is 9.79. The number of hydrogen-bond acceptors (Lipinski definition) is 7. The van der Waals surface area contributed by atoms with E-state index in [0.717, 1.165) is 22.3 Å². The molecule has 0 saturated carbocycles. The Labute approximate surface area is 309 Å². The van der Waals surface area contributed by atoms with Gasteiger partial charge in [-0.3, -0.25) is 9.59 Å². The highest BCUT2D eigenvalue weighted by atomic mass is 16.6. The molecule has 9 nitrogen and oxygen atoms in total. The SMILES string of the molecule is CNC(=O)c1ccc(C(OC(=O)[C@@H](CC(=O)OC(C)(C)C)NC(=O)OCC2c3ccccc3-c3ccccc32)(c2ccccc2)c2ccccc2)cc1. The third kappa shape index (κ3) is 7.99. The lowest BCUT2D eigenvalue weighted by molar-refractivity contribution is -0.163. The summed E-state index contributed by atoms with van der Waals surface area (Å²) in [7, 11) is 1.55. The van der Waals surface area contributed by atoms with E-state index in [1.807, 2.05) is 109 Å². The van der Waals surface area contributed by atoms with Crippen LogP contribution in [0.4, 0.5) is 4.79 Å². The third-order valence-corrected chi connectivity index (χ3v) is 9.11. The predicted molar refractivity (Wildman–Crippen MR) is 201 cm³/mol. The standard InChI is InChI=1S/C44H42N2O7/c1-43(2,3)52-39(47)27-38(46-42(50)51-28-37-35-21-13-11-19-33(35)34-20-12-14-22-36(34)37)41(49)53-44(30-15-7-5-8-16-30,31-17-9-6-10-18-31)32-25-23-29(24-26-32)40(48)45-4/h5-26,37-38H,27-28H2,1-4H3,(H,45,48)(H,46,50)/t38-/m1/s1. The van der Waals surface area contributed by atoms with E-state index in [4.69, 9.17) is 14.2 Å². The molecule has 0 fully saturated rings. The Balaban J connectivity index is 1.34. The fourth-order valence-corrected chi connectivity index (χ4v) is 6.77. The van der Waals surface area contributed by atoms with Crippen LogP contribution in [0, 0.1) is 0 Å². The predicted octanol–water partition coefficient (Wildman–Crippen LogP) is 7.52. The molecule has 0 spiro atoms. The number of amides is 2. The molecule has 5 aromatic rings. The average Bonchev–Trinajstić information content (AvgIpc) is 3.49. The second kappa shape index (κ2) is 15.6. The first-order chi connectivity index (χ1) is 25.5. The summed E-state index contributed by atoms with van der Waals surface area (Å²) >= 11 is 0. The molecule has 1 aliphatic rings. The maximum Gasteiger partial charge on any atom is 0.407 e. The molecule has 6 rings (SSSR count). The molecule has 0 aromatic heterocycles. The Hall–Kier alpha value is -6.22. The van der Waals surface area contributed by atoms with Gasteiger partial charge in [0.05, 0.1) is 6.42 Å². The number of hydrogen-bond donors (Lipinski definition) is 2. The molecule has 9 heteroatoms. The van der Waals surface area contributed by atoms with E-state index in [-0.39, 0.29) is 18.4 Å². The minimum atomic E-state index is -1.56. The van der Waals surface area contributed by atoms with Gasteiger partial charge in [0, 0.05) is 35.2 Å². The maximum absolute atomic E-state index is 14.6. The van der Waals surface area contributed by atoms with Gasteiger partial charge >= 0.3 is 18.0 Å². The number of alkyl carbamates (subject to hydrolysis) is 1. The Morgan fingerprint density at radius 3 is 1.64 bits per heavy atom. The number of carbonyl (C=O) groups excluding carboxylic acids is 4. The van der Waals surface area contributed by atoms with E-state index in [1.165, 1.54) is 0 Å². The normalized spacial score (nSPS) is 12.8. The summed E-state index contributed by atoms with van der Waals surface area (Å²) in [4.78, 5) is 53.8. The van der Waals surface area contributed by atoms with Gasteiger partial charge in [0.25, 0.3) is 5.91 Å². The lowest BCUT2D eigenvalue weighted by Gasteiger charge is -2.36. The smallest absolute Gasteiger partial charge is 0.407 e. The van der Waals surface area contributed by atoms with Crippen LogP contribution in [0.25, 0.3) is 11.1 Å². The minimum Gasteiger partial charge on any atom is -0.460 e. The van der Waals surface area contributed by atoms with Gasteiger partial charge in [-0.2, -0.15) is 0 Å². The average molecular weight is 711 g/mol. The maximum atomic E-state index is 14.6. The summed E-state index contributed by atoms with van der Waals surface area (Å²) in [5, 5.41) is 5.24. The van der Waals surface area contributed by atoms with Crippen molar-refractivity contribution in [3.05, 3.63) is 167 Å². The van der Waals surface area contributed by atoms with E-state index < -0.39 is 41.7 Å². The van der Waals surface area contributed by atoms with Gasteiger partial charge in [-0.1, -0.05) is 121 Å². The Kier molecular flexibility index (Phi) is 10.7. The molecule has 0 aliphatic heterocycles. The van der Waals surface area contributed by atoms with Gasteiger partial charge in [-0.05, 0) is 55.2 Å². The second-order valence-electron chi connectivity index (χ2n) is 13.8. The fraction of sp³-hybridized carbons (Fsp3) is 0.227. The molecular formula is C44H42N2O7. The van der Waals surface area contributed by atoms with Gasteiger partial charge in [-0.15, -0.1) is 0 Å². The van der Waals surface area contributed by atoms with Crippen molar-refractivity contribution < 1.29 is 33.4 Å². The van der Waals surface area contributed by atoms with E-state index in [1.54, 1.807) is 52.1 Å². The highest BCUT2D eigenvalue weighted by Crippen LogP contribution is 2.45. The summed E-state index contributed by atoms with van der Waals surface area (Å²) < 4.78 is 17.9. The molecule has 0 heterocycles. The Morgan fingerprint density at radius 1 is 0.642 bits per heavy atom. The number of nitrogens with one attached hydrogen (secondary N) is 2. The largest absolute Gasteiger partial charge is 0.460 e. The van der Waals surface area contributed by atoms with Crippen LogP contribution in [0.15, 0.2) is 133 Å². The highest BCUT2D eigenvalue weighted by molar-refractivity contribution is 5.94. The van der Waals surface area contributed by atoms with E-state index >= 15 is 0 Å². The van der Waals surface area contributed by atoms with Crippen LogP contribution in [0.1, 0.15) is 71.3 Å². The zero-order valence-electron chi connectivity index (χ0n) is 30.1. The first kappa shape index (κ1) is 36.6. The van der Waals surface area contributed by atoms with Gasteiger partial charge in [-0.25, -0.2) is 9.59 Å². The number of fused-ring (bicyclic) bond motifs is 3. The van der Waals surface area contributed by atoms with E-state index in [2.05, 4.69) is 10.6 Å². The van der Waals surface area contributed by atoms with Crippen molar-refractivity contribution in [1.29, 1.82) is 0 Å². The molecule has 270 valence electrons. The zero-order valence-corrected chi connectivity index (χ0v) is 30.1. The van der Waals surface area contributed by atoms with Crippen LogP contribution in [0.3, 0.4) is 0 Å². The summed E-state index contributed by atoms with van der Waals surface area (Å²) in [5.74, 6) is -2.10. The molecule has 1 atom stereocenters. The Morgan fingerprint density at radius 2 is 1.13 bits per heavy atom. The van der Waals surface area contributed by atoms with Crippen LogP contribution < -0.4 is 10.6 Å². The Bertz CT molecular complexity index is 2010. The van der Waals surface area contributed by atoms with Gasteiger partial charge in [0.15, 0.2) is 5.60 Å². The summed E-state index contributed by atoms with van der Waals surface area (Å²) in [5.41, 5.74) is 3.96. The number of benzene rings is 5. The number of carbonyl (C=O) groups is 4. The lowest BCUT2D eigenvalue weighted by Crippen LogP contribution is -2.48. The number of rotatable bonds is 11. The molecule has 1 aliphatic carbocycles. The van der Waals surface area contributed by atoms with Crippen molar-refractivity contribution >= 4 is 23.9 Å². The summed E-state index contributed by atoms with van der Waals surface area (Å²) in [6.45, 7) is 5.16. The monoisotopic (exact) mass is 710 g/mol. The van der Waals surface area contributed by atoms with Gasteiger partial charge in [0.1, 0.15) is 18.2 Å². The topological polar surface area (TPSA) is 120 Å². The van der Waals surface area contributed by atoms with Crippen molar-refractivity contribution in [3.63, 3.8) is 0 Å². The quantitative estimate of drug-likeness (QED) is 0.0827. The second-order valence-corrected chi connectivity index (χ2v) is 13.8. The van der Waals surface area contributed by atoms with Crippen molar-refractivity contribution in [2.75, 3.05) is 13.7 Å². The molecule has 5 aromatic carbocycles. The number of esters is 2. The van der Waals surface area contributed by atoms with Crippen molar-refractivity contribution in [1.82, 2.24) is 10.6 Å². The molecule has 0 radical (unpaired) electrons. The first-order valence-corrected chi connectivity index (χ1v) is 17.5. The van der Waals surface area contributed by atoms with Gasteiger partial charge < -0.3 is 24.8 Å². The number of ether oxygens (including phenoxy) is 3. The minimum absolute atomic E-state index is 0.00369.